The third-order valence-corrected chi connectivity index (χ3v) is 6.59. The molecule has 1 heterocycles. The molecule has 1 aliphatic rings. The first-order valence-corrected chi connectivity index (χ1v) is 10.5. The second-order valence-electron chi connectivity index (χ2n) is 6.37. The summed E-state index contributed by atoms with van der Waals surface area (Å²) in [4.78, 5) is 12.2. The van der Waals surface area contributed by atoms with Gasteiger partial charge < -0.3 is 10.6 Å². The van der Waals surface area contributed by atoms with Crippen LogP contribution in [-0.2, 0) is 10.2 Å². The predicted octanol–water partition coefficient (Wildman–Crippen LogP) is 3.69. The maximum Gasteiger partial charge on any atom is 0.230 e. The molecule has 0 radical (unpaired) electrons. The van der Waals surface area contributed by atoms with Crippen LogP contribution >= 0.6 is 23.1 Å². The molecule has 5 nitrogen and oxygen atoms in total. The lowest BCUT2D eigenvalue weighted by atomic mass is 9.64. The first-order chi connectivity index (χ1) is 12.2. The van der Waals surface area contributed by atoms with Gasteiger partial charge >= 0.3 is 0 Å². The number of benzene rings is 1. The van der Waals surface area contributed by atoms with Gasteiger partial charge in [0.25, 0.3) is 0 Å². The minimum Gasteiger partial charge on any atom is -0.360 e. The lowest BCUT2D eigenvalue weighted by Crippen LogP contribution is -2.46. The van der Waals surface area contributed by atoms with Gasteiger partial charge in [0, 0.05) is 18.5 Å². The van der Waals surface area contributed by atoms with E-state index in [0.717, 1.165) is 41.8 Å². The second-order valence-corrected chi connectivity index (χ2v) is 8.57. The number of rotatable bonds is 9. The number of anilines is 1. The Morgan fingerprint density at radius 2 is 2.08 bits per heavy atom. The zero-order valence-electron chi connectivity index (χ0n) is 14.5. The van der Waals surface area contributed by atoms with Crippen LogP contribution in [-0.4, -0.2) is 34.9 Å². The first-order valence-electron chi connectivity index (χ1n) is 8.74. The fraction of sp³-hybridized carbons (Fsp3) is 0.500. The van der Waals surface area contributed by atoms with E-state index in [1.807, 2.05) is 6.07 Å². The van der Waals surface area contributed by atoms with Crippen molar-refractivity contribution in [1.82, 2.24) is 15.5 Å². The number of amides is 1. The van der Waals surface area contributed by atoms with Gasteiger partial charge in [-0.1, -0.05) is 66.8 Å². The molecule has 1 fully saturated rings. The maximum absolute atomic E-state index is 12.2. The Labute approximate surface area is 157 Å². The molecule has 25 heavy (non-hydrogen) atoms. The molecule has 0 spiro atoms. The molecule has 2 aromatic rings. The van der Waals surface area contributed by atoms with E-state index < -0.39 is 0 Å². The summed E-state index contributed by atoms with van der Waals surface area (Å²) < 4.78 is 0.829. The highest BCUT2D eigenvalue weighted by molar-refractivity contribution is 8.01. The minimum atomic E-state index is 0.0606. The Kier molecular flexibility index (Phi) is 6.31. The van der Waals surface area contributed by atoms with Crippen LogP contribution < -0.4 is 10.6 Å². The van der Waals surface area contributed by atoms with Gasteiger partial charge in [0.1, 0.15) is 0 Å². The summed E-state index contributed by atoms with van der Waals surface area (Å²) >= 11 is 2.95. The van der Waals surface area contributed by atoms with E-state index in [4.69, 9.17) is 0 Å². The van der Waals surface area contributed by atoms with E-state index in [9.17, 15) is 4.79 Å². The van der Waals surface area contributed by atoms with Crippen LogP contribution in [0.15, 0.2) is 34.7 Å². The van der Waals surface area contributed by atoms with Gasteiger partial charge in [-0.05, 0) is 24.8 Å². The van der Waals surface area contributed by atoms with Crippen molar-refractivity contribution in [2.75, 3.05) is 24.2 Å². The van der Waals surface area contributed by atoms with Crippen molar-refractivity contribution in [2.24, 2.45) is 0 Å². The summed E-state index contributed by atoms with van der Waals surface area (Å²) in [5.41, 5.74) is 1.46. The van der Waals surface area contributed by atoms with Crippen LogP contribution in [0.3, 0.4) is 0 Å². The number of hydrogen-bond donors (Lipinski definition) is 2. The number of hydrogen-bond acceptors (Lipinski definition) is 6. The lowest BCUT2D eigenvalue weighted by Gasteiger charge is -2.42. The number of carbonyl (C=O) groups is 1. The first kappa shape index (κ1) is 18.2. The topological polar surface area (TPSA) is 66.9 Å². The Hall–Kier alpha value is -1.60. The third kappa shape index (κ3) is 4.73. The van der Waals surface area contributed by atoms with Crippen molar-refractivity contribution < 1.29 is 4.79 Å². The van der Waals surface area contributed by atoms with Gasteiger partial charge in [-0.25, -0.2) is 0 Å². The van der Waals surface area contributed by atoms with Gasteiger partial charge in [0.05, 0.1) is 5.75 Å². The Morgan fingerprint density at radius 3 is 2.76 bits per heavy atom. The molecule has 1 amide bonds. The Bertz CT molecular complexity index is 685. The zero-order valence-corrected chi connectivity index (χ0v) is 16.1. The van der Waals surface area contributed by atoms with Crippen molar-refractivity contribution >= 4 is 34.1 Å². The molecule has 0 atom stereocenters. The number of nitrogens with zero attached hydrogens (tertiary/aromatic N) is 2. The molecule has 134 valence electrons. The normalized spacial score (nSPS) is 15.4. The fourth-order valence-corrected chi connectivity index (χ4v) is 4.59. The fourth-order valence-electron chi connectivity index (χ4n) is 2.98. The summed E-state index contributed by atoms with van der Waals surface area (Å²) in [5.74, 6) is 0.443. The van der Waals surface area contributed by atoms with Crippen molar-refractivity contribution in [3.63, 3.8) is 0 Å². The molecule has 0 saturated heterocycles. The monoisotopic (exact) mass is 376 g/mol. The molecule has 0 unspecified atom stereocenters. The standard InChI is InChI=1S/C18H24N4OS2/c1-2-11-19-16-21-22-17(25-16)24-12-15(23)20-13-18(9-6-10-18)14-7-4-3-5-8-14/h3-5,7-8H,2,6,9-13H2,1H3,(H,19,21)(H,20,23). The Balaban J connectivity index is 1.46. The van der Waals surface area contributed by atoms with Gasteiger partial charge in [0.2, 0.25) is 11.0 Å². The van der Waals surface area contributed by atoms with Crippen LogP contribution in [0.5, 0.6) is 0 Å². The van der Waals surface area contributed by atoms with Crippen LogP contribution in [0.2, 0.25) is 0 Å². The summed E-state index contributed by atoms with van der Waals surface area (Å²) in [5, 5.41) is 15.3. The number of aromatic nitrogens is 2. The molecule has 1 aromatic heterocycles. The van der Waals surface area contributed by atoms with Gasteiger partial charge in [-0.15, -0.1) is 10.2 Å². The molecule has 0 bridgehead atoms. The molecular formula is C18H24N4OS2. The van der Waals surface area contributed by atoms with Crippen LogP contribution in [0.4, 0.5) is 5.13 Å². The van der Waals surface area contributed by atoms with Crippen LogP contribution in [0.25, 0.3) is 0 Å². The summed E-state index contributed by atoms with van der Waals surface area (Å²) in [6, 6.07) is 10.5. The summed E-state index contributed by atoms with van der Waals surface area (Å²) in [6.45, 7) is 3.72. The SMILES string of the molecule is CCCNc1nnc(SCC(=O)NCC2(c3ccccc3)CCC2)s1. The van der Waals surface area contributed by atoms with Gasteiger partial charge in [-0.3, -0.25) is 4.79 Å². The molecule has 3 rings (SSSR count). The summed E-state index contributed by atoms with van der Waals surface area (Å²) in [6.07, 6.45) is 4.58. The van der Waals surface area contributed by atoms with E-state index in [1.54, 1.807) is 0 Å². The number of nitrogens with one attached hydrogen (secondary N) is 2. The van der Waals surface area contributed by atoms with E-state index in [1.165, 1.54) is 35.1 Å². The van der Waals surface area contributed by atoms with E-state index in [2.05, 4.69) is 52.0 Å². The van der Waals surface area contributed by atoms with E-state index in [0.29, 0.717) is 5.75 Å². The van der Waals surface area contributed by atoms with E-state index in [-0.39, 0.29) is 11.3 Å². The lowest BCUT2D eigenvalue weighted by molar-refractivity contribution is -0.119. The molecule has 2 N–H and O–H groups in total. The number of thioether (sulfide) groups is 1. The zero-order chi connectivity index (χ0) is 17.5. The molecule has 1 saturated carbocycles. The van der Waals surface area contributed by atoms with Crippen LogP contribution in [0.1, 0.15) is 38.2 Å². The number of carbonyl (C=O) groups excluding carboxylic acids is 1. The molecule has 1 aliphatic carbocycles. The van der Waals surface area contributed by atoms with E-state index >= 15 is 0 Å². The minimum absolute atomic E-state index is 0.0606. The Morgan fingerprint density at radius 1 is 1.28 bits per heavy atom. The average molecular weight is 377 g/mol. The highest BCUT2D eigenvalue weighted by Crippen LogP contribution is 2.43. The van der Waals surface area contributed by atoms with Crippen LogP contribution in [0, 0.1) is 0 Å². The van der Waals surface area contributed by atoms with Crippen molar-refractivity contribution in [2.45, 2.75) is 42.4 Å². The smallest absolute Gasteiger partial charge is 0.230 e. The van der Waals surface area contributed by atoms with Crippen molar-refractivity contribution in [3.05, 3.63) is 35.9 Å². The van der Waals surface area contributed by atoms with Crippen molar-refractivity contribution in [1.29, 1.82) is 0 Å². The molecule has 7 heteroatoms. The van der Waals surface area contributed by atoms with Gasteiger partial charge in [0.15, 0.2) is 4.34 Å². The molecular weight excluding hydrogens is 352 g/mol. The quantitative estimate of drug-likeness (QED) is 0.653. The second kappa shape index (κ2) is 8.67. The largest absolute Gasteiger partial charge is 0.360 e. The molecule has 1 aromatic carbocycles. The molecule has 0 aliphatic heterocycles. The average Bonchev–Trinajstić information content (AvgIpc) is 3.06. The highest BCUT2D eigenvalue weighted by atomic mass is 32.2. The third-order valence-electron chi connectivity index (χ3n) is 4.58. The summed E-state index contributed by atoms with van der Waals surface area (Å²) in [7, 11) is 0. The van der Waals surface area contributed by atoms with Gasteiger partial charge in [-0.2, -0.15) is 0 Å². The van der Waals surface area contributed by atoms with Crippen molar-refractivity contribution in [3.8, 4) is 0 Å². The predicted molar refractivity (Wildman–Crippen MR) is 104 cm³/mol. The highest BCUT2D eigenvalue weighted by Gasteiger charge is 2.38. The maximum atomic E-state index is 12.2.